The highest BCUT2D eigenvalue weighted by atomic mass is 16.4. The van der Waals surface area contributed by atoms with Gasteiger partial charge < -0.3 is 14.9 Å². The van der Waals surface area contributed by atoms with Gasteiger partial charge in [0, 0.05) is 22.4 Å². The number of hydrogen-bond donors (Lipinski definition) is 1. The van der Waals surface area contributed by atoms with Gasteiger partial charge in [0.25, 0.3) is 5.56 Å². The minimum absolute atomic E-state index is 0.138. The Kier molecular flexibility index (Phi) is 3.19. The molecule has 1 N–H and O–H groups in total. The topological polar surface area (TPSA) is 73.0 Å². The van der Waals surface area contributed by atoms with Crippen LogP contribution in [0.5, 0.6) is 0 Å². The molecule has 0 fully saturated rings. The number of hydrogen-bond acceptors (Lipinski definition) is 3. The highest BCUT2D eigenvalue weighted by molar-refractivity contribution is 5.83. The summed E-state index contributed by atoms with van der Waals surface area (Å²) in [6.07, 6.45) is 0.0641. The largest absolute Gasteiger partial charge is 0.550 e. The summed E-state index contributed by atoms with van der Waals surface area (Å²) in [6.45, 7) is 3.83. The van der Waals surface area contributed by atoms with Crippen molar-refractivity contribution in [3.05, 3.63) is 45.2 Å². The first-order valence-electron chi connectivity index (χ1n) is 5.81. The number of aromatic nitrogens is 1. The molecule has 0 aliphatic rings. The van der Waals surface area contributed by atoms with Crippen LogP contribution in [0.25, 0.3) is 10.9 Å². The maximum absolute atomic E-state index is 11.9. The summed E-state index contributed by atoms with van der Waals surface area (Å²) in [5.41, 5.74) is 3.03. The molecule has 1 aromatic carbocycles. The number of carbonyl (C=O) groups excluding carboxylic acids is 1. The van der Waals surface area contributed by atoms with Gasteiger partial charge in [-0.3, -0.25) is 4.79 Å². The Morgan fingerprint density at radius 2 is 2.06 bits per heavy atom. The Labute approximate surface area is 104 Å². The van der Waals surface area contributed by atoms with E-state index in [2.05, 4.69) is 4.98 Å². The van der Waals surface area contributed by atoms with Crippen molar-refractivity contribution in [3.63, 3.8) is 0 Å². The molecule has 0 spiro atoms. The van der Waals surface area contributed by atoms with Crippen LogP contribution in [0.4, 0.5) is 0 Å². The molecule has 0 unspecified atom stereocenters. The summed E-state index contributed by atoms with van der Waals surface area (Å²) in [5.74, 6) is -1.14. The van der Waals surface area contributed by atoms with E-state index in [0.717, 1.165) is 22.0 Å². The number of aliphatic carboxylic acids is 1. The molecule has 18 heavy (non-hydrogen) atoms. The van der Waals surface area contributed by atoms with Gasteiger partial charge in [0.2, 0.25) is 0 Å². The second-order valence-electron chi connectivity index (χ2n) is 4.48. The monoisotopic (exact) mass is 244 g/mol. The fraction of sp³-hybridized carbons (Fsp3) is 0.286. The Bertz CT molecular complexity index is 671. The summed E-state index contributed by atoms with van der Waals surface area (Å²) in [4.78, 5) is 25.2. The molecule has 1 heterocycles. The zero-order chi connectivity index (χ0) is 13.3. The normalized spacial score (nSPS) is 10.8. The Hall–Kier alpha value is -2.10. The van der Waals surface area contributed by atoms with Crippen LogP contribution in [-0.4, -0.2) is 11.0 Å². The first-order chi connectivity index (χ1) is 8.49. The molecule has 2 aromatic rings. The highest BCUT2D eigenvalue weighted by Gasteiger charge is 2.09. The maximum Gasteiger partial charge on any atom is 0.251 e. The van der Waals surface area contributed by atoms with Gasteiger partial charge in [-0.25, -0.2) is 0 Å². The van der Waals surface area contributed by atoms with E-state index in [1.54, 1.807) is 0 Å². The summed E-state index contributed by atoms with van der Waals surface area (Å²) in [6, 6.07) is 5.78. The van der Waals surface area contributed by atoms with Crippen LogP contribution in [0.3, 0.4) is 0 Å². The van der Waals surface area contributed by atoms with E-state index in [9.17, 15) is 14.7 Å². The number of fused-ring (bicyclic) bond motifs is 1. The predicted molar refractivity (Wildman–Crippen MR) is 67.4 cm³/mol. The van der Waals surface area contributed by atoms with E-state index in [1.807, 2.05) is 32.0 Å². The van der Waals surface area contributed by atoms with E-state index in [4.69, 9.17) is 0 Å². The van der Waals surface area contributed by atoms with Crippen LogP contribution in [-0.2, 0) is 11.2 Å². The number of H-pyrrole nitrogens is 1. The molecule has 94 valence electrons. The van der Waals surface area contributed by atoms with Crippen molar-refractivity contribution in [2.24, 2.45) is 0 Å². The van der Waals surface area contributed by atoms with Gasteiger partial charge in [-0.1, -0.05) is 11.6 Å². The molecule has 1 aromatic heterocycles. The number of rotatable bonds is 3. The molecule has 0 radical (unpaired) electrons. The van der Waals surface area contributed by atoms with E-state index in [1.165, 1.54) is 0 Å². The minimum Gasteiger partial charge on any atom is -0.550 e. The first-order valence-corrected chi connectivity index (χ1v) is 5.81. The van der Waals surface area contributed by atoms with E-state index >= 15 is 0 Å². The van der Waals surface area contributed by atoms with Crippen molar-refractivity contribution < 1.29 is 9.90 Å². The van der Waals surface area contributed by atoms with Crippen LogP contribution in [0.1, 0.15) is 23.1 Å². The summed E-state index contributed by atoms with van der Waals surface area (Å²) in [7, 11) is 0. The second kappa shape index (κ2) is 4.64. The summed E-state index contributed by atoms with van der Waals surface area (Å²) >= 11 is 0. The SMILES string of the molecule is Cc1ccc2[nH]c(=O)c(CCC(=O)[O-])c(C)c2c1. The Morgan fingerprint density at radius 1 is 1.33 bits per heavy atom. The molecule has 0 atom stereocenters. The molecule has 0 saturated heterocycles. The quantitative estimate of drug-likeness (QED) is 0.869. The van der Waals surface area contributed by atoms with Crippen molar-refractivity contribution in [2.45, 2.75) is 26.7 Å². The molecule has 0 aliphatic heterocycles. The van der Waals surface area contributed by atoms with Gasteiger partial charge >= 0.3 is 0 Å². The molecule has 0 bridgehead atoms. The Balaban J connectivity index is 2.59. The molecule has 0 amide bonds. The van der Waals surface area contributed by atoms with Crippen molar-refractivity contribution in [2.75, 3.05) is 0 Å². The average Bonchev–Trinajstić information content (AvgIpc) is 2.30. The van der Waals surface area contributed by atoms with E-state index in [-0.39, 0.29) is 18.4 Å². The average molecular weight is 244 g/mol. The predicted octanol–water partition coefficient (Wildman–Crippen LogP) is 0.827. The fourth-order valence-corrected chi connectivity index (χ4v) is 2.14. The van der Waals surface area contributed by atoms with Gasteiger partial charge in [-0.2, -0.15) is 0 Å². The van der Waals surface area contributed by atoms with Crippen LogP contribution in [0, 0.1) is 13.8 Å². The third-order valence-corrected chi connectivity index (χ3v) is 3.13. The lowest BCUT2D eigenvalue weighted by molar-refractivity contribution is -0.305. The van der Waals surface area contributed by atoms with Crippen molar-refractivity contribution in [1.82, 2.24) is 4.98 Å². The number of carboxylic acids is 1. The maximum atomic E-state index is 11.9. The van der Waals surface area contributed by atoms with E-state index < -0.39 is 5.97 Å². The van der Waals surface area contributed by atoms with Crippen molar-refractivity contribution >= 4 is 16.9 Å². The number of carboxylic acid groups (broad SMARTS) is 1. The van der Waals surface area contributed by atoms with Crippen LogP contribution >= 0.6 is 0 Å². The minimum atomic E-state index is -1.14. The third kappa shape index (κ3) is 2.27. The number of nitrogens with one attached hydrogen (secondary N) is 1. The van der Waals surface area contributed by atoms with Gasteiger partial charge in [0.1, 0.15) is 0 Å². The number of pyridine rings is 1. The fourth-order valence-electron chi connectivity index (χ4n) is 2.14. The van der Waals surface area contributed by atoms with Crippen molar-refractivity contribution in [1.29, 1.82) is 0 Å². The molecule has 2 rings (SSSR count). The molecule has 0 saturated carbocycles. The lowest BCUT2D eigenvalue weighted by atomic mass is 10.00. The first kappa shape index (κ1) is 12.4. The van der Waals surface area contributed by atoms with E-state index in [0.29, 0.717) is 5.56 Å². The summed E-state index contributed by atoms with van der Waals surface area (Å²) in [5, 5.41) is 11.5. The number of carbonyl (C=O) groups is 1. The van der Waals surface area contributed by atoms with Crippen LogP contribution in [0.2, 0.25) is 0 Å². The zero-order valence-corrected chi connectivity index (χ0v) is 10.4. The molecule has 0 aliphatic carbocycles. The third-order valence-electron chi connectivity index (χ3n) is 3.13. The zero-order valence-electron chi connectivity index (χ0n) is 10.4. The smallest absolute Gasteiger partial charge is 0.251 e. The van der Waals surface area contributed by atoms with Gasteiger partial charge in [-0.15, -0.1) is 0 Å². The molecule has 4 heteroatoms. The molecular formula is C14H14NO3-. The van der Waals surface area contributed by atoms with Crippen LogP contribution in [0.15, 0.2) is 23.0 Å². The lowest BCUT2D eigenvalue weighted by Gasteiger charge is -2.09. The molecular weight excluding hydrogens is 230 g/mol. The van der Waals surface area contributed by atoms with Crippen LogP contribution < -0.4 is 10.7 Å². The van der Waals surface area contributed by atoms with Gasteiger partial charge in [-0.05, 0) is 44.4 Å². The lowest BCUT2D eigenvalue weighted by Crippen LogP contribution is -2.24. The summed E-state index contributed by atoms with van der Waals surface area (Å²) < 4.78 is 0. The molecule has 4 nitrogen and oxygen atoms in total. The number of benzene rings is 1. The van der Waals surface area contributed by atoms with Gasteiger partial charge in [0.05, 0.1) is 0 Å². The van der Waals surface area contributed by atoms with Gasteiger partial charge in [0.15, 0.2) is 0 Å². The number of aryl methyl sites for hydroxylation is 2. The Morgan fingerprint density at radius 3 is 2.72 bits per heavy atom. The highest BCUT2D eigenvalue weighted by Crippen LogP contribution is 2.19. The van der Waals surface area contributed by atoms with Crippen molar-refractivity contribution in [3.8, 4) is 0 Å². The second-order valence-corrected chi connectivity index (χ2v) is 4.48. The standard InChI is InChI=1S/C14H15NO3/c1-8-3-5-12-11(7-8)9(2)10(14(18)15-12)4-6-13(16)17/h3,5,7H,4,6H2,1-2H3,(H,15,18)(H,16,17)/p-1. The number of aromatic amines is 1.